The van der Waals surface area contributed by atoms with E-state index in [4.69, 9.17) is 0 Å². The van der Waals surface area contributed by atoms with Crippen molar-refractivity contribution in [3.63, 3.8) is 0 Å². The van der Waals surface area contributed by atoms with E-state index in [1.165, 1.54) is 289 Å². The van der Waals surface area contributed by atoms with Crippen molar-refractivity contribution in [1.29, 1.82) is 0 Å². The van der Waals surface area contributed by atoms with Crippen molar-refractivity contribution in [3.8, 4) is 0 Å². The van der Waals surface area contributed by atoms with Gasteiger partial charge in [-0.25, -0.2) is 0 Å². The van der Waals surface area contributed by atoms with Crippen LogP contribution in [0.4, 0.5) is 0 Å². The zero-order valence-corrected chi connectivity index (χ0v) is 36.3. The zero-order chi connectivity index (χ0) is 37.5. The molecule has 0 heterocycles. The molecule has 312 valence electrons. The number of carboxylic acids is 1. The second kappa shape index (κ2) is 48.5. The monoisotopic (exact) mass is 732 g/mol. The Morgan fingerprint density at radius 1 is 0.231 bits per heavy atom. The topological polar surface area (TPSA) is 40.1 Å². The van der Waals surface area contributed by atoms with Gasteiger partial charge >= 0.3 is 0 Å². The van der Waals surface area contributed by atoms with Gasteiger partial charge in [-0.2, -0.15) is 0 Å². The second-order valence-electron chi connectivity index (χ2n) is 17.4. The van der Waals surface area contributed by atoms with E-state index in [9.17, 15) is 9.90 Å². The first kappa shape index (κ1) is 51.5. The number of unbranched alkanes of at least 4 members (excludes halogenated alkanes) is 46. The van der Waals surface area contributed by atoms with E-state index in [1.54, 1.807) is 0 Å². The molecule has 0 bridgehead atoms. The number of rotatable bonds is 48. The molecule has 0 saturated carbocycles. The van der Waals surface area contributed by atoms with E-state index in [-0.39, 0.29) is 6.42 Å². The van der Waals surface area contributed by atoms with Crippen LogP contribution < -0.4 is 5.11 Å². The summed E-state index contributed by atoms with van der Waals surface area (Å²) >= 11 is 0. The molecule has 0 atom stereocenters. The summed E-state index contributed by atoms with van der Waals surface area (Å²) in [6.07, 6.45) is 67.5. The summed E-state index contributed by atoms with van der Waals surface area (Å²) in [4.78, 5) is 10.4. The van der Waals surface area contributed by atoms with Crippen LogP contribution >= 0.6 is 0 Å². The number of carboxylic acid groups (broad SMARTS) is 1. The minimum Gasteiger partial charge on any atom is -0.550 e. The van der Waals surface area contributed by atoms with Gasteiger partial charge in [0.05, 0.1) is 0 Å². The molecule has 0 spiro atoms. The van der Waals surface area contributed by atoms with Crippen LogP contribution in [0.15, 0.2) is 0 Å². The fraction of sp³-hybridized carbons (Fsp3) is 0.980. The van der Waals surface area contributed by atoms with Crippen molar-refractivity contribution in [2.75, 3.05) is 0 Å². The summed E-state index contributed by atoms with van der Waals surface area (Å²) in [5, 5.41) is 10.4. The lowest BCUT2D eigenvalue weighted by molar-refractivity contribution is -0.305. The van der Waals surface area contributed by atoms with Crippen molar-refractivity contribution in [2.24, 2.45) is 0 Å². The zero-order valence-electron chi connectivity index (χ0n) is 36.3. The minimum absolute atomic E-state index is 0.236. The predicted molar refractivity (Wildman–Crippen MR) is 232 cm³/mol. The molecule has 0 amide bonds. The maximum absolute atomic E-state index is 10.4. The van der Waals surface area contributed by atoms with Crippen molar-refractivity contribution in [3.05, 3.63) is 0 Å². The highest BCUT2D eigenvalue weighted by molar-refractivity contribution is 5.64. The summed E-state index contributed by atoms with van der Waals surface area (Å²) in [6, 6.07) is 0. The average Bonchev–Trinajstić information content (AvgIpc) is 3.14. The minimum atomic E-state index is -0.896. The lowest BCUT2D eigenvalue weighted by Crippen LogP contribution is -2.21. The number of carbonyl (C=O) groups excluding carboxylic acids is 1. The summed E-state index contributed by atoms with van der Waals surface area (Å²) in [5.41, 5.74) is 0. The largest absolute Gasteiger partial charge is 0.550 e. The molecule has 0 unspecified atom stereocenters. The molecule has 0 aliphatic carbocycles. The Morgan fingerprint density at radius 3 is 0.462 bits per heavy atom. The first-order valence-electron chi connectivity index (χ1n) is 25.0. The lowest BCUT2D eigenvalue weighted by Gasteiger charge is -2.05. The molecule has 0 aromatic carbocycles. The number of hydrogen-bond donors (Lipinski definition) is 0. The standard InChI is InChI=1S/C50H100O2/c1-2-3-4-5-6-7-8-9-10-11-12-13-14-15-16-17-18-19-20-21-22-23-24-25-26-27-28-29-30-31-32-33-34-35-36-37-38-39-40-41-42-43-44-45-46-47-48-49-50(51)52/h2-49H2,1H3,(H,51,52)/p-1. The van der Waals surface area contributed by atoms with Gasteiger partial charge in [0.1, 0.15) is 0 Å². The molecule has 0 rings (SSSR count). The van der Waals surface area contributed by atoms with E-state index >= 15 is 0 Å². The van der Waals surface area contributed by atoms with Gasteiger partial charge in [0.15, 0.2) is 0 Å². The highest BCUT2D eigenvalue weighted by Gasteiger charge is 1.99. The lowest BCUT2D eigenvalue weighted by atomic mass is 10.0. The molecule has 2 heteroatoms. The fourth-order valence-electron chi connectivity index (χ4n) is 8.30. The van der Waals surface area contributed by atoms with E-state index in [0.717, 1.165) is 12.8 Å². The van der Waals surface area contributed by atoms with Crippen LogP contribution in [0.1, 0.15) is 315 Å². The first-order valence-corrected chi connectivity index (χ1v) is 25.0. The van der Waals surface area contributed by atoms with Gasteiger partial charge in [-0.3, -0.25) is 0 Å². The Kier molecular flexibility index (Phi) is 48.0. The second-order valence-corrected chi connectivity index (χ2v) is 17.4. The summed E-state index contributed by atoms with van der Waals surface area (Å²) < 4.78 is 0. The highest BCUT2D eigenvalue weighted by atomic mass is 16.4. The molecule has 0 saturated heterocycles. The van der Waals surface area contributed by atoms with Crippen LogP contribution in [0, 0.1) is 0 Å². The van der Waals surface area contributed by atoms with Crippen LogP contribution in [-0.4, -0.2) is 5.97 Å². The van der Waals surface area contributed by atoms with Crippen molar-refractivity contribution in [2.45, 2.75) is 315 Å². The quantitative estimate of drug-likeness (QED) is 0.0585. The normalized spacial score (nSPS) is 11.6. The van der Waals surface area contributed by atoms with E-state index in [2.05, 4.69) is 6.92 Å². The van der Waals surface area contributed by atoms with Crippen LogP contribution in [0.5, 0.6) is 0 Å². The Bertz CT molecular complexity index is 630. The van der Waals surface area contributed by atoms with Crippen LogP contribution in [0.2, 0.25) is 0 Å². The predicted octanol–water partition coefficient (Wildman–Crippen LogP) is 17.5. The Morgan fingerprint density at radius 2 is 0.346 bits per heavy atom. The summed E-state index contributed by atoms with van der Waals surface area (Å²) in [5.74, 6) is -0.896. The molecule has 0 aliphatic rings. The molecule has 2 nitrogen and oxygen atoms in total. The number of carbonyl (C=O) groups is 1. The third-order valence-corrected chi connectivity index (χ3v) is 12.0. The molecule has 0 N–H and O–H groups in total. The van der Waals surface area contributed by atoms with Crippen LogP contribution in [-0.2, 0) is 4.79 Å². The maximum Gasteiger partial charge on any atom is 0.0414 e. The maximum atomic E-state index is 10.4. The summed E-state index contributed by atoms with van der Waals surface area (Å²) in [6.45, 7) is 2.31. The van der Waals surface area contributed by atoms with E-state index in [0.29, 0.717) is 0 Å². The summed E-state index contributed by atoms with van der Waals surface area (Å²) in [7, 11) is 0. The Hall–Kier alpha value is -0.530. The van der Waals surface area contributed by atoms with Crippen LogP contribution in [0.3, 0.4) is 0 Å². The number of aliphatic carboxylic acids is 1. The number of hydrogen-bond acceptors (Lipinski definition) is 2. The average molecular weight is 732 g/mol. The molecule has 0 fully saturated rings. The van der Waals surface area contributed by atoms with Crippen molar-refractivity contribution < 1.29 is 9.90 Å². The Labute approximate surface area is 330 Å². The van der Waals surface area contributed by atoms with Gasteiger partial charge in [-0.15, -0.1) is 0 Å². The Balaban J connectivity index is 3.05. The SMILES string of the molecule is CCCCCCCCCCCCCCCCCCCCCCCCCCCCCCCCCCCCCCCCCCCCCCCCCC(=O)[O-]. The third-order valence-electron chi connectivity index (χ3n) is 12.0. The molecular formula is C50H99O2-. The molecule has 0 radical (unpaired) electrons. The first-order chi connectivity index (χ1) is 25.8. The smallest absolute Gasteiger partial charge is 0.0414 e. The third kappa shape index (κ3) is 49.5. The molecule has 0 aromatic rings. The molecule has 52 heavy (non-hydrogen) atoms. The van der Waals surface area contributed by atoms with Gasteiger partial charge in [-0.05, 0) is 12.8 Å². The molecule has 0 aromatic heterocycles. The van der Waals surface area contributed by atoms with Gasteiger partial charge < -0.3 is 9.90 Å². The van der Waals surface area contributed by atoms with Crippen molar-refractivity contribution >= 4 is 5.97 Å². The highest BCUT2D eigenvalue weighted by Crippen LogP contribution is 2.18. The molecule has 0 aliphatic heterocycles. The molecular weight excluding hydrogens is 633 g/mol. The van der Waals surface area contributed by atoms with E-state index < -0.39 is 5.97 Å². The van der Waals surface area contributed by atoms with Gasteiger partial charge in [0, 0.05) is 5.97 Å². The van der Waals surface area contributed by atoms with Gasteiger partial charge in [0.25, 0.3) is 0 Å². The fourth-order valence-corrected chi connectivity index (χ4v) is 8.30. The van der Waals surface area contributed by atoms with Crippen molar-refractivity contribution in [1.82, 2.24) is 0 Å². The van der Waals surface area contributed by atoms with Gasteiger partial charge in [0.2, 0.25) is 0 Å². The van der Waals surface area contributed by atoms with E-state index in [1.807, 2.05) is 0 Å². The van der Waals surface area contributed by atoms with Crippen LogP contribution in [0.25, 0.3) is 0 Å². The van der Waals surface area contributed by atoms with Gasteiger partial charge in [-0.1, -0.05) is 302 Å².